The molecule has 0 radical (unpaired) electrons. The molecule has 0 saturated carbocycles. The van der Waals surface area contributed by atoms with Crippen molar-refractivity contribution in [1.82, 2.24) is 5.32 Å². The van der Waals surface area contributed by atoms with E-state index in [0.717, 1.165) is 23.8 Å². The van der Waals surface area contributed by atoms with Crippen LogP contribution in [0.2, 0.25) is 0 Å². The number of fused-ring (bicyclic) bond motifs is 1. The Balaban J connectivity index is 1.62. The number of nitrogens with two attached hydrogens (primary N) is 1. The van der Waals surface area contributed by atoms with E-state index >= 15 is 0 Å². The van der Waals surface area contributed by atoms with E-state index in [0.29, 0.717) is 6.61 Å². The van der Waals surface area contributed by atoms with Crippen LogP contribution >= 0.6 is 0 Å². The summed E-state index contributed by atoms with van der Waals surface area (Å²) in [5.74, 6) is 1.03. The number of para-hydroxylation sites is 1. The first kappa shape index (κ1) is 18.1. The van der Waals surface area contributed by atoms with Gasteiger partial charge in [0.1, 0.15) is 5.75 Å². The van der Waals surface area contributed by atoms with Crippen molar-refractivity contribution in [2.24, 2.45) is 10.7 Å². The minimum absolute atomic E-state index is 0.0221. The summed E-state index contributed by atoms with van der Waals surface area (Å²) in [4.78, 5) is 4.18. The number of halogens is 3. The lowest BCUT2D eigenvalue weighted by Crippen LogP contribution is -2.37. The van der Waals surface area contributed by atoms with Crippen LogP contribution in [0.3, 0.4) is 0 Å². The Hall–Kier alpha value is -2.70. The van der Waals surface area contributed by atoms with E-state index in [-0.39, 0.29) is 30.5 Å². The van der Waals surface area contributed by atoms with Gasteiger partial charge in [0.2, 0.25) is 0 Å². The third-order valence-corrected chi connectivity index (χ3v) is 4.27. The monoisotopic (exact) mass is 363 g/mol. The molecular formula is C19H20F3N3O. The molecule has 7 heteroatoms. The van der Waals surface area contributed by atoms with E-state index < -0.39 is 11.7 Å². The van der Waals surface area contributed by atoms with Gasteiger partial charge in [0, 0.05) is 18.5 Å². The fraction of sp³-hybridized carbons (Fsp3) is 0.316. The Labute approximate surface area is 149 Å². The number of rotatable bonds is 4. The molecular weight excluding hydrogens is 343 g/mol. The summed E-state index contributed by atoms with van der Waals surface area (Å²) in [5, 5.41) is 3.13. The second-order valence-corrected chi connectivity index (χ2v) is 6.04. The van der Waals surface area contributed by atoms with Gasteiger partial charge < -0.3 is 15.8 Å². The molecule has 0 bridgehead atoms. The number of nitrogens with one attached hydrogen (secondary N) is 1. The average Bonchev–Trinajstić information content (AvgIpc) is 2.62. The third kappa shape index (κ3) is 4.28. The van der Waals surface area contributed by atoms with Crippen LogP contribution in [0.4, 0.5) is 13.2 Å². The molecule has 138 valence electrons. The van der Waals surface area contributed by atoms with Crippen molar-refractivity contribution in [3.63, 3.8) is 0 Å². The van der Waals surface area contributed by atoms with Crippen LogP contribution in [0.15, 0.2) is 53.5 Å². The van der Waals surface area contributed by atoms with Gasteiger partial charge in [-0.3, -0.25) is 4.99 Å². The minimum Gasteiger partial charge on any atom is -0.493 e. The first-order chi connectivity index (χ1) is 12.4. The van der Waals surface area contributed by atoms with Crippen LogP contribution < -0.4 is 15.8 Å². The molecule has 26 heavy (non-hydrogen) atoms. The molecule has 1 aliphatic rings. The van der Waals surface area contributed by atoms with Gasteiger partial charge in [-0.2, -0.15) is 13.2 Å². The zero-order chi connectivity index (χ0) is 18.6. The zero-order valence-corrected chi connectivity index (χ0v) is 14.1. The summed E-state index contributed by atoms with van der Waals surface area (Å²) in [6.45, 7) is 0.748. The van der Waals surface area contributed by atoms with Gasteiger partial charge in [0.25, 0.3) is 0 Å². The SMILES string of the molecule is NC(=NCCc1ccccc1C(F)(F)F)NC1CCOc2ccccc21. The van der Waals surface area contributed by atoms with E-state index in [1.165, 1.54) is 12.1 Å². The lowest BCUT2D eigenvalue weighted by atomic mass is 10.0. The first-order valence-electron chi connectivity index (χ1n) is 8.38. The molecule has 2 aromatic carbocycles. The molecule has 0 spiro atoms. The predicted octanol–water partition coefficient (Wildman–Crippen LogP) is 3.68. The summed E-state index contributed by atoms with van der Waals surface area (Å²) < 4.78 is 44.6. The van der Waals surface area contributed by atoms with E-state index in [1.807, 2.05) is 24.3 Å². The van der Waals surface area contributed by atoms with Crippen LogP contribution in [0.5, 0.6) is 5.75 Å². The number of aliphatic imine (C=N–C) groups is 1. The molecule has 1 heterocycles. The maximum absolute atomic E-state index is 13.0. The van der Waals surface area contributed by atoms with Crippen molar-refractivity contribution in [3.8, 4) is 5.75 Å². The number of nitrogens with zero attached hydrogens (tertiary/aromatic N) is 1. The summed E-state index contributed by atoms with van der Waals surface area (Å²) in [6.07, 6.45) is -3.46. The van der Waals surface area contributed by atoms with Crippen LogP contribution in [0.25, 0.3) is 0 Å². The summed E-state index contributed by atoms with van der Waals surface area (Å²) in [5.41, 5.74) is 6.52. The van der Waals surface area contributed by atoms with Crippen molar-refractivity contribution in [3.05, 3.63) is 65.2 Å². The lowest BCUT2D eigenvalue weighted by Gasteiger charge is -2.26. The molecule has 4 nitrogen and oxygen atoms in total. The van der Waals surface area contributed by atoms with E-state index in [9.17, 15) is 13.2 Å². The molecule has 3 N–H and O–H groups in total. The van der Waals surface area contributed by atoms with Crippen molar-refractivity contribution in [2.45, 2.75) is 25.1 Å². The Kier molecular flexibility index (Phi) is 5.35. The van der Waals surface area contributed by atoms with E-state index in [1.54, 1.807) is 6.07 Å². The fourth-order valence-electron chi connectivity index (χ4n) is 3.03. The Morgan fingerprint density at radius 3 is 2.69 bits per heavy atom. The van der Waals surface area contributed by atoms with E-state index in [2.05, 4.69) is 10.3 Å². The highest BCUT2D eigenvalue weighted by atomic mass is 19.4. The summed E-state index contributed by atoms with van der Waals surface area (Å²) in [7, 11) is 0. The number of benzene rings is 2. The maximum Gasteiger partial charge on any atom is 0.416 e. The fourth-order valence-corrected chi connectivity index (χ4v) is 3.03. The second-order valence-electron chi connectivity index (χ2n) is 6.04. The summed E-state index contributed by atoms with van der Waals surface area (Å²) in [6, 6.07) is 13.2. The smallest absolute Gasteiger partial charge is 0.416 e. The highest BCUT2D eigenvalue weighted by Gasteiger charge is 2.32. The van der Waals surface area contributed by atoms with Gasteiger partial charge >= 0.3 is 6.18 Å². The molecule has 2 aromatic rings. The van der Waals surface area contributed by atoms with Crippen molar-refractivity contribution < 1.29 is 17.9 Å². The number of alkyl halides is 3. The van der Waals surface area contributed by atoms with Gasteiger partial charge in [0.05, 0.1) is 18.2 Å². The summed E-state index contributed by atoms with van der Waals surface area (Å²) >= 11 is 0. The number of guanidine groups is 1. The normalized spacial score (nSPS) is 17.3. The molecule has 0 aliphatic carbocycles. The molecule has 1 atom stereocenters. The lowest BCUT2D eigenvalue weighted by molar-refractivity contribution is -0.138. The Morgan fingerprint density at radius 1 is 1.15 bits per heavy atom. The minimum atomic E-state index is -4.37. The van der Waals surface area contributed by atoms with Gasteiger partial charge in [-0.15, -0.1) is 0 Å². The van der Waals surface area contributed by atoms with Crippen molar-refractivity contribution in [2.75, 3.05) is 13.2 Å². The second kappa shape index (κ2) is 7.68. The number of ether oxygens (including phenoxy) is 1. The van der Waals surface area contributed by atoms with Gasteiger partial charge in [0.15, 0.2) is 5.96 Å². The topological polar surface area (TPSA) is 59.6 Å². The molecule has 0 aromatic heterocycles. The number of hydrogen-bond acceptors (Lipinski definition) is 2. The molecule has 3 rings (SSSR count). The molecule has 0 amide bonds. The van der Waals surface area contributed by atoms with Gasteiger partial charge in [-0.25, -0.2) is 0 Å². The molecule has 1 unspecified atom stereocenters. The standard InChI is InChI=1S/C19H20F3N3O/c20-19(21,22)15-7-3-1-5-13(15)9-11-24-18(23)25-16-10-12-26-17-8-4-2-6-14(16)17/h1-8,16H,9-12H2,(H3,23,24,25). The van der Waals surface area contributed by atoms with Crippen LogP contribution in [-0.4, -0.2) is 19.1 Å². The van der Waals surface area contributed by atoms with Crippen LogP contribution in [0.1, 0.15) is 29.2 Å². The van der Waals surface area contributed by atoms with Crippen molar-refractivity contribution in [1.29, 1.82) is 0 Å². The van der Waals surface area contributed by atoms with Crippen molar-refractivity contribution >= 4 is 5.96 Å². The van der Waals surface area contributed by atoms with Gasteiger partial charge in [-0.05, 0) is 24.1 Å². The zero-order valence-electron chi connectivity index (χ0n) is 14.1. The molecule has 0 saturated heterocycles. The highest BCUT2D eigenvalue weighted by molar-refractivity contribution is 5.78. The third-order valence-electron chi connectivity index (χ3n) is 4.27. The number of hydrogen-bond donors (Lipinski definition) is 2. The quantitative estimate of drug-likeness (QED) is 0.644. The Bertz CT molecular complexity index is 790. The Morgan fingerprint density at radius 2 is 1.88 bits per heavy atom. The van der Waals surface area contributed by atoms with Crippen LogP contribution in [-0.2, 0) is 12.6 Å². The molecule has 1 aliphatic heterocycles. The molecule has 0 fully saturated rings. The van der Waals surface area contributed by atoms with Crippen LogP contribution in [0, 0.1) is 0 Å². The predicted molar refractivity (Wildman–Crippen MR) is 94.1 cm³/mol. The average molecular weight is 363 g/mol. The maximum atomic E-state index is 13.0. The first-order valence-corrected chi connectivity index (χ1v) is 8.38. The van der Waals surface area contributed by atoms with E-state index in [4.69, 9.17) is 10.5 Å². The highest BCUT2D eigenvalue weighted by Crippen LogP contribution is 2.32. The largest absolute Gasteiger partial charge is 0.493 e. The van der Waals surface area contributed by atoms with Gasteiger partial charge in [-0.1, -0.05) is 36.4 Å².